The Morgan fingerprint density at radius 1 is 0.771 bits per heavy atom. The van der Waals surface area contributed by atoms with Crippen LogP contribution < -0.4 is 4.72 Å². The van der Waals surface area contributed by atoms with Crippen LogP contribution in [0.15, 0.2) is 126 Å². The van der Waals surface area contributed by atoms with E-state index >= 15 is 0 Å². The molecule has 0 saturated carbocycles. The molecule has 35 heavy (non-hydrogen) atoms. The number of hydrogen-bond donors (Lipinski definition) is 1. The summed E-state index contributed by atoms with van der Waals surface area (Å²) in [6.45, 7) is 1.93. The van der Waals surface area contributed by atoms with Gasteiger partial charge < -0.3 is 0 Å². The fourth-order valence-corrected chi connectivity index (χ4v) is 4.82. The molecule has 3 nitrogen and oxygen atoms in total. The van der Waals surface area contributed by atoms with Gasteiger partial charge in [-0.1, -0.05) is 108 Å². The molecule has 4 aromatic rings. The molecule has 174 valence electrons. The summed E-state index contributed by atoms with van der Waals surface area (Å²) in [5, 5.41) is 0. The molecule has 0 saturated heterocycles. The molecule has 0 bridgehead atoms. The number of allylic oxidation sites excluding steroid dienone is 1. The monoisotopic (exact) mass is 477 g/mol. The first-order chi connectivity index (χ1) is 17.0. The van der Waals surface area contributed by atoms with Crippen molar-refractivity contribution in [3.63, 3.8) is 0 Å². The molecule has 0 amide bonds. The predicted molar refractivity (Wildman–Crippen MR) is 142 cm³/mol. The van der Waals surface area contributed by atoms with Gasteiger partial charge in [0.1, 0.15) is 0 Å². The number of nitrogens with one attached hydrogen (secondary N) is 1. The van der Waals surface area contributed by atoms with Gasteiger partial charge in [-0.25, -0.2) is 8.42 Å². The summed E-state index contributed by atoms with van der Waals surface area (Å²) in [5.74, 6) is 6.48. The molecule has 1 unspecified atom stereocenters. The maximum Gasteiger partial charge on any atom is 0.241 e. The van der Waals surface area contributed by atoms with Crippen molar-refractivity contribution in [2.45, 2.75) is 24.3 Å². The lowest BCUT2D eigenvalue weighted by molar-refractivity contribution is 0.574. The zero-order valence-electron chi connectivity index (χ0n) is 19.6. The standard InChI is InChI=1S/C31H27NO2S/c1-25-19-23-30(24-20-25)35(33,34)32-31(29-15-6-3-7-16-29)18-10-17-27-13-8-9-14-28(27)22-21-26-11-4-2-5-12-26/h2-16,18-20,23-24,31-32H,17H2,1H3/b18-10+. The first-order valence-corrected chi connectivity index (χ1v) is 13.0. The highest BCUT2D eigenvalue weighted by Gasteiger charge is 2.19. The van der Waals surface area contributed by atoms with Gasteiger partial charge in [0.05, 0.1) is 10.9 Å². The Labute approximate surface area is 208 Å². The minimum Gasteiger partial charge on any atom is -0.207 e. The lowest BCUT2D eigenvalue weighted by Gasteiger charge is -2.16. The fraction of sp³-hybridized carbons (Fsp3) is 0.0968. The molecule has 0 heterocycles. The number of rotatable bonds is 7. The molecular weight excluding hydrogens is 450 g/mol. The molecule has 1 atom stereocenters. The van der Waals surface area contributed by atoms with E-state index < -0.39 is 16.1 Å². The highest BCUT2D eigenvalue weighted by molar-refractivity contribution is 7.89. The van der Waals surface area contributed by atoms with Crippen LogP contribution in [0.1, 0.15) is 33.9 Å². The lowest BCUT2D eigenvalue weighted by Crippen LogP contribution is -2.27. The van der Waals surface area contributed by atoms with Gasteiger partial charge in [-0.05, 0) is 54.8 Å². The van der Waals surface area contributed by atoms with Crippen molar-refractivity contribution in [3.05, 3.63) is 149 Å². The molecule has 0 fully saturated rings. The van der Waals surface area contributed by atoms with Gasteiger partial charge in [0.25, 0.3) is 0 Å². The molecular formula is C31H27NO2S. The van der Waals surface area contributed by atoms with Crippen molar-refractivity contribution < 1.29 is 8.42 Å². The minimum atomic E-state index is -3.69. The summed E-state index contributed by atoms with van der Waals surface area (Å²) in [6, 6.07) is 33.9. The third-order valence-corrected chi connectivity index (χ3v) is 7.03. The molecule has 1 N–H and O–H groups in total. The van der Waals surface area contributed by atoms with E-state index in [4.69, 9.17) is 0 Å². The van der Waals surface area contributed by atoms with Crippen LogP contribution in [0, 0.1) is 18.8 Å². The zero-order valence-corrected chi connectivity index (χ0v) is 20.4. The fourth-order valence-electron chi connectivity index (χ4n) is 3.64. The van der Waals surface area contributed by atoms with Gasteiger partial charge in [-0.3, -0.25) is 0 Å². The Balaban J connectivity index is 1.56. The zero-order chi connectivity index (χ0) is 24.5. The maximum atomic E-state index is 13.1. The molecule has 0 aliphatic carbocycles. The highest BCUT2D eigenvalue weighted by Crippen LogP contribution is 2.20. The number of aryl methyl sites for hydroxylation is 1. The Bertz CT molecular complexity index is 1450. The summed E-state index contributed by atoms with van der Waals surface area (Å²) in [6.07, 6.45) is 4.54. The second kappa shape index (κ2) is 11.5. The third kappa shape index (κ3) is 6.80. The summed E-state index contributed by atoms with van der Waals surface area (Å²) >= 11 is 0. The van der Waals surface area contributed by atoms with E-state index in [9.17, 15) is 8.42 Å². The Hall–Kier alpha value is -3.91. The topological polar surface area (TPSA) is 46.2 Å². The first-order valence-electron chi connectivity index (χ1n) is 11.5. The Kier molecular flexibility index (Phi) is 7.95. The smallest absolute Gasteiger partial charge is 0.207 e. The minimum absolute atomic E-state index is 0.249. The quantitative estimate of drug-likeness (QED) is 0.254. The van der Waals surface area contributed by atoms with Gasteiger partial charge in [-0.2, -0.15) is 4.72 Å². The number of sulfonamides is 1. The van der Waals surface area contributed by atoms with Crippen molar-refractivity contribution in [1.29, 1.82) is 0 Å². The Morgan fingerprint density at radius 2 is 1.40 bits per heavy atom. The second-order valence-electron chi connectivity index (χ2n) is 8.23. The molecule has 0 radical (unpaired) electrons. The van der Waals surface area contributed by atoms with Crippen LogP contribution in [0.2, 0.25) is 0 Å². The van der Waals surface area contributed by atoms with Crippen molar-refractivity contribution in [3.8, 4) is 11.8 Å². The number of benzene rings is 4. The normalized spacial score (nSPS) is 12.1. The van der Waals surface area contributed by atoms with Crippen LogP contribution in [0.3, 0.4) is 0 Å². The van der Waals surface area contributed by atoms with Crippen LogP contribution in [0.25, 0.3) is 0 Å². The highest BCUT2D eigenvalue weighted by atomic mass is 32.2. The largest absolute Gasteiger partial charge is 0.241 e. The van der Waals surface area contributed by atoms with E-state index in [0.29, 0.717) is 6.42 Å². The van der Waals surface area contributed by atoms with Gasteiger partial charge in [0, 0.05) is 11.1 Å². The summed E-state index contributed by atoms with van der Waals surface area (Å²) in [5.41, 5.74) is 4.89. The molecule has 4 rings (SSSR count). The van der Waals surface area contributed by atoms with E-state index in [-0.39, 0.29) is 4.90 Å². The molecule has 4 aromatic carbocycles. The average molecular weight is 478 g/mol. The van der Waals surface area contributed by atoms with E-state index in [1.54, 1.807) is 24.3 Å². The van der Waals surface area contributed by atoms with Crippen LogP contribution in [-0.4, -0.2) is 8.42 Å². The van der Waals surface area contributed by atoms with E-state index in [1.165, 1.54) is 0 Å². The van der Waals surface area contributed by atoms with Crippen LogP contribution in [0.5, 0.6) is 0 Å². The Morgan fingerprint density at radius 3 is 2.11 bits per heavy atom. The SMILES string of the molecule is Cc1ccc(S(=O)(=O)NC(/C=C/Cc2ccccc2C#Cc2ccccc2)c2ccccc2)cc1. The van der Waals surface area contributed by atoms with Gasteiger partial charge in [-0.15, -0.1) is 0 Å². The average Bonchev–Trinajstić information content (AvgIpc) is 2.89. The molecule has 0 aromatic heterocycles. The van der Waals surface area contributed by atoms with Gasteiger partial charge >= 0.3 is 0 Å². The molecule has 0 aliphatic rings. The van der Waals surface area contributed by atoms with Crippen molar-refractivity contribution in [1.82, 2.24) is 4.72 Å². The molecule has 0 aliphatic heterocycles. The summed E-state index contributed by atoms with van der Waals surface area (Å²) in [7, 11) is -3.69. The second-order valence-corrected chi connectivity index (χ2v) is 9.94. The van der Waals surface area contributed by atoms with Gasteiger partial charge in [0.2, 0.25) is 10.0 Å². The van der Waals surface area contributed by atoms with Crippen molar-refractivity contribution in [2.24, 2.45) is 0 Å². The molecule has 0 spiro atoms. The van der Waals surface area contributed by atoms with Crippen molar-refractivity contribution >= 4 is 10.0 Å². The lowest BCUT2D eigenvalue weighted by atomic mass is 10.0. The maximum absolute atomic E-state index is 13.1. The van der Waals surface area contributed by atoms with Crippen LogP contribution in [0.4, 0.5) is 0 Å². The van der Waals surface area contributed by atoms with Gasteiger partial charge in [0.15, 0.2) is 0 Å². The number of hydrogen-bond acceptors (Lipinski definition) is 2. The third-order valence-electron chi connectivity index (χ3n) is 5.57. The van der Waals surface area contributed by atoms with Crippen LogP contribution >= 0.6 is 0 Å². The predicted octanol–water partition coefficient (Wildman–Crippen LogP) is 6.21. The molecule has 4 heteroatoms. The van der Waals surface area contributed by atoms with Crippen molar-refractivity contribution in [2.75, 3.05) is 0 Å². The van der Waals surface area contributed by atoms with Crippen LogP contribution in [-0.2, 0) is 16.4 Å². The summed E-state index contributed by atoms with van der Waals surface area (Å²) < 4.78 is 29.0. The van der Waals surface area contributed by atoms with E-state index in [1.807, 2.05) is 104 Å². The summed E-state index contributed by atoms with van der Waals surface area (Å²) in [4.78, 5) is 0.249. The first kappa shape index (κ1) is 24.2. The van der Waals surface area contributed by atoms with E-state index in [2.05, 4.69) is 16.6 Å². The van der Waals surface area contributed by atoms with E-state index in [0.717, 1.165) is 27.8 Å².